The molecule has 0 bridgehead atoms. The van der Waals surface area contributed by atoms with Gasteiger partial charge in [-0.1, -0.05) is 23.4 Å². The highest BCUT2D eigenvalue weighted by atomic mass is 19.1. The molecule has 1 aliphatic rings. The summed E-state index contributed by atoms with van der Waals surface area (Å²) in [5.41, 5.74) is 0.846. The Balaban J connectivity index is 1.42. The van der Waals surface area contributed by atoms with Gasteiger partial charge in [-0.25, -0.2) is 4.39 Å². The van der Waals surface area contributed by atoms with Crippen LogP contribution >= 0.6 is 0 Å². The maximum absolute atomic E-state index is 13.6. The van der Waals surface area contributed by atoms with Crippen molar-refractivity contribution in [1.29, 1.82) is 0 Å². The van der Waals surface area contributed by atoms with Gasteiger partial charge in [0.15, 0.2) is 5.82 Å². The molecule has 1 heterocycles. The van der Waals surface area contributed by atoms with E-state index in [4.69, 9.17) is 0 Å². The predicted octanol–water partition coefficient (Wildman–Crippen LogP) is 2.29. The lowest BCUT2D eigenvalue weighted by molar-refractivity contribution is 0.286. The van der Waals surface area contributed by atoms with Crippen molar-refractivity contribution in [3.63, 3.8) is 0 Å². The second kappa shape index (κ2) is 5.48. The predicted molar refractivity (Wildman–Crippen MR) is 68.2 cm³/mol. The van der Waals surface area contributed by atoms with Crippen LogP contribution < -0.4 is 5.32 Å². The number of hydrogen-bond acceptors (Lipinski definition) is 4. The molecule has 5 heteroatoms. The van der Waals surface area contributed by atoms with Crippen LogP contribution in [0.2, 0.25) is 0 Å². The molecular formula is C14H16FN3O. The Morgan fingerprint density at radius 2 is 2.16 bits per heavy atom. The van der Waals surface area contributed by atoms with Crippen LogP contribution in [0.15, 0.2) is 35.2 Å². The van der Waals surface area contributed by atoms with E-state index in [-0.39, 0.29) is 5.82 Å². The van der Waals surface area contributed by atoms with Crippen molar-refractivity contribution >= 4 is 0 Å². The van der Waals surface area contributed by atoms with Crippen LogP contribution in [0.4, 0.5) is 4.39 Å². The average molecular weight is 261 g/mol. The summed E-state index contributed by atoms with van der Waals surface area (Å²) in [5.74, 6) is 0.985. The van der Waals surface area contributed by atoms with E-state index in [1.54, 1.807) is 6.07 Å². The van der Waals surface area contributed by atoms with Crippen molar-refractivity contribution in [3.05, 3.63) is 47.9 Å². The molecule has 4 nitrogen and oxygen atoms in total. The molecule has 19 heavy (non-hydrogen) atoms. The van der Waals surface area contributed by atoms with Crippen LogP contribution in [0.5, 0.6) is 0 Å². The van der Waals surface area contributed by atoms with E-state index in [1.165, 1.54) is 12.5 Å². The highest BCUT2D eigenvalue weighted by molar-refractivity contribution is 5.24. The average Bonchev–Trinajstić information content (AvgIpc) is 2.87. The Morgan fingerprint density at radius 1 is 1.32 bits per heavy atom. The molecule has 0 unspecified atom stereocenters. The highest BCUT2D eigenvalue weighted by Crippen LogP contribution is 2.37. The van der Waals surface area contributed by atoms with Crippen LogP contribution in [-0.4, -0.2) is 22.7 Å². The first-order valence-electron chi connectivity index (χ1n) is 6.56. The molecule has 1 aliphatic carbocycles. The van der Waals surface area contributed by atoms with Crippen LogP contribution in [0, 0.1) is 5.82 Å². The highest BCUT2D eigenvalue weighted by Gasteiger charge is 2.31. The van der Waals surface area contributed by atoms with E-state index in [1.807, 2.05) is 12.1 Å². The Labute approximate surface area is 111 Å². The zero-order valence-electron chi connectivity index (χ0n) is 10.6. The molecule has 0 aliphatic heterocycles. The Morgan fingerprint density at radius 3 is 2.89 bits per heavy atom. The minimum atomic E-state index is -0.0854. The van der Waals surface area contributed by atoms with Crippen molar-refractivity contribution in [2.45, 2.75) is 31.2 Å². The molecule has 0 saturated heterocycles. The summed E-state index contributed by atoms with van der Waals surface area (Å²) in [6, 6.07) is 7.52. The second-order valence-corrected chi connectivity index (χ2v) is 4.94. The van der Waals surface area contributed by atoms with Crippen LogP contribution in [0.1, 0.15) is 30.1 Å². The van der Waals surface area contributed by atoms with Crippen LogP contribution in [0.3, 0.4) is 0 Å². The van der Waals surface area contributed by atoms with Crippen LogP contribution in [0.25, 0.3) is 0 Å². The lowest BCUT2D eigenvalue weighted by atomic mass is 9.75. The van der Waals surface area contributed by atoms with E-state index in [2.05, 4.69) is 20.0 Å². The van der Waals surface area contributed by atoms with Crippen LogP contribution in [-0.2, 0) is 6.42 Å². The van der Waals surface area contributed by atoms with E-state index >= 15 is 0 Å². The fourth-order valence-corrected chi connectivity index (χ4v) is 2.54. The number of nitrogens with one attached hydrogen (secondary N) is 1. The Hall–Kier alpha value is -1.75. The molecule has 1 fully saturated rings. The molecule has 0 atom stereocenters. The maximum atomic E-state index is 13.6. The van der Waals surface area contributed by atoms with Crippen molar-refractivity contribution in [2.24, 2.45) is 0 Å². The third kappa shape index (κ3) is 2.81. The third-order valence-electron chi connectivity index (χ3n) is 3.67. The normalized spacial score (nSPS) is 22.2. The molecule has 0 radical (unpaired) electrons. The Bertz CT molecular complexity index is 523. The zero-order chi connectivity index (χ0) is 13.1. The summed E-state index contributed by atoms with van der Waals surface area (Å²) < 4.78 is 18.2. The summed E-state index contributed by atoms with van der Waals surface area (Å²) >= 11 is 0. The number of aromatic nitrogens is 2. The molecular weight excluding hydrogens is 245 g/mol. The molecule has 1 N–H and O–H groups in total. The van der Waals surface area contributed by atoms with Gasteiger partial charge in [-0.3, -0.25) is 0 Å². The molecule has 1 aromatic carbocycles. The van der Waals surface area contributed by atoms with Crippen molar-refractivity contribution in [2.75, 3.05) is 6.54 Å². The van der Waals surface area contributed by atoms with E-state index in [9.17, 15) is 4.39 Å². The minimum Gasteiger partial charge on any atom is -0.343 e. The van der Waals surface area contributed by atoms with Gasteiger partial charge in [0, 0.05) is 19.0 Å². The first kappa shape index (κ1) is 12.3. The second-order valence-electron chi connectivity index (χ2n) is 4.94. The SMILES string of the molecule is Fc1ccccc1C1CC(NCCc2ncon2)C1. The molecule has 0 amide bonds. The number of rotatable bonds is 5. The van der Waals surface area contributed by atoms with Gasteiger partial charge in [0.05, 0.1) is 0 Å². The van der Waals surface area contributed by atoms with Gasteiger partial charge in [-0.2, -0.15) is 4.98 Å². The number of nitrogens with zero attached hydrogens (tertiary/aromatic N) is 2. The van der Waals surface area contributed by atoms with Gasteiger partial charge in [-0.05, 0) is 30.4 Å². The first-order chi connectivity index (χ1) is 9.33. The smallest absolute Gasteiger partial charge is 0.213 e. The van der Waals surface area contributed by atoms with Crippen molar-refractivity contribution in [3.8, 4) is 0 Å². The number of benzene rings is 1. The zero-order valence-corrected chi connectivity index (χ0v) is 10.6. The summed E-state index contributed by atoms with van der Waals surface area (Å²) in [4.78, 5) is 3.96. The maximum Gasteiger partial charge on any atom is 0.213 e. The quantitative estimate of drug-likeness (QED) is 0.897. The van der Waals surface area contributed by atoms with Gasteiger partial charge in [0.25, 0.3) is 0 Å². The fraction of sp³-hybridized carbons (Fsp3) is 0.429. The summed E-state index contributed by atoms with van der Waals surface area (Å²) in [6.45, 7) is 0.828. The van der Waals surface area contributed by atoms with Gasteiger partial charge >= 0.3 is 0 Å². The first-order valence-corrected chi connectivity index (χ1v) is 6.56. The molecule has 1 aromatic heterocycles. The van der Waals surface area contributed by atoms with Gasteiger partial charge < -0.3 is 9.84 Å². The summed E-state index contributed by atoms with van der Waals surface area (Å²) in [7, 11) is 0. The molecule has 2 aromatic rings. The molecule has 1 saturated carbocycles. The lowest BCUT2D eigenvalue weighted by Crippen LogP contribution is -2.41. The standard InChI is InChI=1S/C14H16FN3O/c15-13-4-2-1-3-12(13)10-7-11(8-10)16-6-5-14-17-9-19-18-14/h1-4,9-11,16H,5-8H2. The minimum absolute atomic E-state index is 0.0854. The third-order valence-corrected chi connectivity index (χ3v) is 3.67. The lowest BCUT2D eigenvalue weighted by Gasteiger charge is -2.36. The molecule has 3 rings (SSSR count). The van der Waals surface area contributed by atoms with E-state index in [0.717, 1.165) is 37.2 Å². The van der Waals surface area contributed by atoms with Gasteiger partial charge in [0.2, 0.25) is 6.39 Å². The van der Waals surface area contributed by atoms with Crippen molar-refractivity contribution in [1.82, 2.24) is 15.5 Å². The number of hydrogen-bond donors (Lipinski definition) is 1. The molecule has 100 valence electrons. The van der Waals surface area contributed by atoms with Gasteiger partial charge in [-0.15, -0.1) is 0 Å². The molecule has 0 spiro atoms. The Kier molecular flexibility index (Phi) is 3.55. The summed E-state index contributed by atoms with van der Waals surface area (Å²) in [6.07, 6.45) is 4.09. The monoisotopic (exact) mass is 261 g/mol. The largest absolute Gasteiger partial charge is 0.343 e. The number of halogens is 1. The van der Waals surface area contributed by atoms with E-state index < -0.39 is 0 Å². The fourth-order valence-electron chi connectivity index (χ4n) is 2.54. The van der Waals surface area contributed by atoms with E-state index in [0.29, 0.717) is 12.0 Å². The summed E-state index contributed by atoms with van der Waals surface area (Å²) in [5, 5.41) is 7.19. The van der Waals surface area contributed by atoms with Crippen molar-refractivity contribution < 1.29 is 8.91 Å². The topological polar surface area (TPSA) is 51.0 Å². The van der Waals surface area contributed by atoms with Gasteiger partial charge in [0.1, 0.15) is 5.82 Å².